The van der Waals surface area contributed by atoms with E-state index in [1.807, 2.05) is 38.1 Å². The fourth-order valence-corrected chi connectivity index (χ4v) is 2.11. The van der Waals surface area contributed by atoms with Gasteiger partial charge in [0.05, 0.1) is 5.54 Å². The summed E-state index contributed by atoms with van der Waals surface area (Å²) in [5.41, 5.74) is 7.71. The number of benzene rings is 1. The lowest BCUT2D eigenvalue weighted by molar-refractivity contribution is 0.553. The standard InChI is InChI=1S/C15H20N4/c1-11-9-14(18-12(2)17-11)19-15(3,10-16)13-7-5-4-6-8-13/h4-9H,10,16H2,1-3H3,(H,17,18,19). The monoisotopic (exact) mass is 256 g/mol. The van der Waals surface area contributed by atoms with Crippen molar-refractivity contribution in [3.8, 4) is 0 Å². The molecule has 1 atom stereocenters. The van der Waals surface area contributed by atoms with E-state index in [2.05, 4.69) is 34.3 Å². The van der Waals surface area contributed by atoms with Crippen LogP contribution < -0.4 is 11.1 Å². The van der Waals surface area contributed by atoms with E-state index >= 15 is 0 Å². The van der Waals surface area contributed by atoms with Gasteiger partial charge < -0.3 is 11.1 Å². The minimum Gasteiger partial charge on any atom is -0.359 e. The van der Waals surface area contributed by atoms with Crippen molar-refractivity contribution in [3.05, 3.63) is 53.5 Å². The van der Waals surface area contributed by atoms with Crippen molar-refractivity contribution in [3.63, 3.8) is 0 Å². The molecule has 1 unspecified atom stereocenters. The Morgan fingerprint density at radius 2 is 1.84 bits per heavy atom. The first-order valence-corrected chi connectivity index (χ1v) is 6.39. The number of aryl methyl sites for hydroxylation is 2. The second-order valence-corrected chi connectivity index (χ2v) is 4.97. The average Bonchev–Trinajstić information content (AvgIpc) is 2.38. The van der Waals surface area contributed by atoms with Gasteiger partial charge in [0, 0.05) is 18.3 Å². The van der Waals surface area contributed by atoms with Crippen LogP contribution in [-0.4, -0.2) is 16.5 Å². The third kappa shape index (κ3) is 3.09. The fourth-order valence-electron chi connectivity index (χ4n) is 2.11. The molecule has 0 fully saturated rings. The Morgan fingerprint density at radius 3 is 2.42 bits per heavy atom. The normalized spacial score (nSPS) is 13.9. The highest BCUT2D eigenvalue weighted by molar-refractivity contribution is 5.42. The minimum atomic E-state index is -0.339. The first kappa shape index (κ1) is 13.5. The predicted octanol–water partition coefficient (Wildman–Crippen LogP) is 2.38. The predicted molar refractivity (Wildman–Crippen MR) is 78.0 cm³/mol. The molecule has 1 heterocycles. The molecule has 0 bridgehead atoms. The maximum absolute atomic E-state index is 5.96. The van der Waals surface area contributed by atoms with Gasteiger partial charge >= 0.3 is 0 Å². The Kier molecular flexibility index (Phi) is 3.81. The summed E-state index contributed by atoms with van der Waals surface area (Å²) in [6.45, 7) is 6.41. The topological polar surface area (TPSA) is 63.8 Å². The maximum atomic E-state index is 5.96. The van der Waals surface area contributed by atoms with Crippen LogP contribution in [0.25, 0.3) is 0 Å². The molecule has 0 saturated heterocycles. The van der Waals surface area contributed by atoms with Gasteiger partial charge in [-0.15, -0.1) is 0 Å². The molecule has 0 aliphatic heterocycles. The SMILES string of the molecule is Cc1cc(NC(C)(CN)c2ccccc2)nc(C)n1. The zero-order chi connectivity index (χ0) is 13.9. The number of nitrogens with two attached hydrogens (primary N) is 1. The summed E-state index contributed by atoms with van der Waals surface area (Å²) in [5.74, 6) is 1.57. The van der Waals surface area contributed by atoms with Gasteiger partial charge in [-0.1, -0.05) is 30.3 Å². The molecule has 1 aromatic carbocycles. The highest BCUT2D eigenvalue weighted by Crippen LogP contribution is 2.24. The molecule has 1 aromatic heterocycles. The van der Waals surface area contributed by atoms with Crippen LogP contribution in [0.15, 0.2) is 36.4 Å². The van der Waals surface area contributed by atoms with Crippen LogP contribution in [0.1, 0.15) is 24.0 Å². The van der Waals surface area contributed by atoms with Gasteiger partial charge in [-0.2, -0.15) is 0 Å². The molecule has 4 heteroatoms. The van der Waals surface area contributed by atoms with Gasteiger partial charge in [0.25, 0.3) is 0 Å². The molecule has 0 aliphatic rings. The molecule has 0 aliphatic carbocycles. The lowest BCUT2D eigenvalue weighted by atomic mass is 9.92. The summed E-state index contributed by atoms with van der Waals surface area (Å²) >= 11 is 0. The van der Waals surface area contributed by atoms with Crippen LogP contribution in [0, 0.1) is 13.8 Å². The number of hydrogen-bond donors (Lipinski definition) is 2. The van der Waals surface area contributed by atoms with E-state index in [0.29, 0.717) is 6.54 Å². The summed E-state index contributed by atoms with van der Waals surface area (Å²) in [6, 6.07) is 12.1. The Bertz CT molecular complexity index is 533. The lowest BCUT2D eigenvalue weighted by Gasteiger charge is -2.30. The van der Waals surface area contributed by atoms with E-state index in [1.165, 1.54) is 0 Å². The molecule has 0 amide bonds. The molecular formula is C15H20N4. The molecule has 100 valence electrons. The number of nitrogens with zero attached hydrogens (tertiary/aromatic N) is 2. The molecule has 19 heavy (non-hydrogen) atoms. The van der Waals surface area contributed by atoms with E-state index in [-0.39, 0.29) is 5.54 Å². The third-order valence-electron chi connectivity index (χ3n) is 3.19. The molecule has 3 N–H and O–H groups in total. The number of nitrogens with one attached hydrogen (secondary N) is 1. The minimum absolute atomic E-state index is 0.339. The van der Waals surface area contributed by atoms with Crippen molar-refractivity contribution >= 4 is 5.82 Å². The smallest absolute Gasteiger partial charge is 0.130 e. The van der Waals surface area contributed by atoms with E-state index in [9.17, 15) is 0 Å². The molecule has 0 radical (unpaired) electrons. The van der Waals surface area contributed by atoms with Crippen molar-refractivity contribution in [2.24, 2.45) is 5.73 Å². The Hall–Kier alpha value is -1.94. The van der Waals surface area contributed by atoms with Gasteiger partial charge in [-0.25, -0.2) is 9.97 Å². The van der Waals surface area contributed by atoms with Crippen molar-refractivity contribution in [2.45, 2.75) is 26.3 Å². The van der Waals surface area contributed by atoms with Crippen LogP contribution in [0.4, 0.5) is 5.82 Å². The van der Waals surface area contributed by atoms with Crippen LogP contribution in [-0.2, 0) is 5.54 Å². The molecule has 4 nitrogen and oxygen atoms in total. The van der Waals surface area contributed by atoms with Gasteiger partial charge in [0.1, 0.15) is 11.6 Å². The summed E-state index contributed by atoms with van der Waals surface area (Å²) in [5, 5.41) is 3.43. The first-order valence-electron chi connectivity index (χ1n) is 6.39. The molecule has 2 rings (SSSR count). The van der Waals surface area contributed by atoms with Crippen LogP contribution in [0.3, 0.4) is 0 Å². The Balaban J connectivity index is 2.33. The third-order valence-corrected chi connectivity index (χ3v) is 3.19. The largest absolute Gasteiger partial charge is 0.359 e. The highest BCUT2D eigenvalue weighted by atomic mass is 15.1. The van der Waals surface area contributed by atoms with Crippen LogP contribution in [0.2, 0.25) is 0 Å². The second kappa shape index (κ2) is 5.36. The van der Waals surface area contributed by atoms with Crippen molar-refractivity contribution in [1.29, 1.82) is 0 Å². The van der Waals surface area contributed by atoms with Gasteiger partial charge in [0.2, 0.25) is 0 Å². The quantitative estimate of drug-likeness (QED) is 0.881. The van der Waals surface area contributed by atoms with Crippen molar-refractivity contribution in [2.75, 3.05) is 11.9 Å². The first-order chi connectivity index (χ1) is 9.03. The maximum Gasteiger partial charge on any atom is 0.130 e. The van der Waals surface area contributed by atoms with E-state index in [1.54, 1.807) is 0 Å². The van der Waals surface area contributed by atoms with Gasteiger partial charge in [0.15, 0.2) is 0 Å². The molecule has 2 aromatic rings. The number of rotatable bonds is 4. The molecular weight excluding hydrogens is 236 g/mol. The molecule has 0 saturated carbocycles. The molecule has 0 spiro atoms. The summed E-state index contributed by atoms with van der Waals surface area (Å²) < 4.78 is 0. The van der Waals surface area contributed by atoms with Crippen molar-refractivity contribution < 1.29 is 0 Å². The Morgan fingerprint density at radius 1 is 1.16 bits per heavy atom. The van der Waals surface area contributed by atoms with E-state index in [0.717, 1.165) is 22.9 Å². The lowest BCUT2D eigenvalue weighted by Crippen LogP contribution is -2.40. The van der Waals surface area contributed by atoms with Crippen LogP contribution >= 0.6 is 0 Å². The second-order valence-electron chi connectivity index (χ2n) is 4.97. The van der Waals surface area contributed by atoms with Gasteiger partial charge in [-0.05, 0) is 26.3 Å². The highest BCUT2D eigenvalue weighted by Gasteiger charge is 2.25. The van der Waals surface area contributed by atoms with Gasteiger partial charge in [-0.3, -0.25) is 0 Å². The Labute approximate surface area is 114 Å². The average molecular weight is 256 g/mol. The number of hydrogen-bond acceptors (Lipinski definition) is 4. The summed E-state index contributed by atoms with van der Waals surface area (Å²) in [7, 11) is 0. The number of anilines is 1. The zero-order valence-corrected chi connectivity index (χ0v) is 11.6. The van der Waals surface area contributed by atoms with Crippen molar-refractivity contribution in [1.82, 2.24) is 9.97 Å². The zero-order valence-electron chi connectivity index (χ0n) is 11.6. The fraction of sp³-hybridized carbons (Fsp3) is 0.333. The van der Waals surface area contributed by atoms with E-state index in [4.69, 9.17) is 5.73 Å². The number of aromatic nitrogens is 2. The summed E-state index contributed by atoms with van der Waals surface area (Å²) in [4.78, 5) is 8.70. The summed E-state index contributed by atoms with van der Waals surface area (Å²) in [6.07, 6.45) is 0. The van der Waals surface area contributed by atoms with Crippen LogP contribution in [0.5, 0.6) is 0 Å². The van der Waals surface area contributed by atoms with E-state index < -0.39 is 0 Å².